The number of aliphatic carboxylic acids is 1. The Morgan fingerprint density at radius 1 is 1.33 bits per heavy atom. The highest BCUT2D eigenvalue weighted by Gasteiger charge is 2.30. The third kappa shape index (κ3) is 4.22. The first-order valence-corrected chi connectivity index (χ1v) is 9.05. The van der Waals surface area contributed by atoms with Crippen molar-refractivity contribution in [3.63, 3.8) is 0 Å². The lowest BCUT2D eigenvalue weighted by molar-refractivity contribution is -0.144. The number of pyridine rings is 1. The first-order chi connectivity index (χ1) is 11.6. The number of hydrogen-bond donors (Lipinski definition) is 1. The molecule has 1 saturated heterocycles. The number of rotatable bonds is 5. The van der Waals surface area contributed by atoms with Crippen LogP contribution in [0.5, 0.6) is 0 Å². The molecule has 0 radical (unpaired) electrons. The summed E-state index contributed by atoms with van der Waals surface area (Å²) < 4.78 is 1.04. The SMILES string of the molecule is O=C(O)C1CCCN(C(Cc2ccccn2)c2cccc(Br)c2)C1. The molecular weight excluding hydrogens is 368 g/mol. The average Bonchev–Trinajstić information content (AvgIpc) is 2.60. The Balaban J connectivity index is 1.88. The maximum absolute atomic E-state index is 11.4. The van der Waals surface area contributed by atoms with Crippen LogP contribution in [0.15, 0.2) is 53.1 Å². The van der Waals surface area contributed by atoms with Gasteiger partial charge in [-0.05, 0) is 49.2 Å². The van der Waals surface area contributed by atoms with Crippen LogP contribution in [0.3, 0.4) is 0 Å². The van der Waals surface area contributed by atoms with E-state index in [-0.39, 0.29) is 12.0 Å². The van der Waals surface area contributed by atoms with E-state index < -0.39 is 5.97 Å². The summed E-state index contributed by atoms with van der Waals surface area (Å²) in [6.45, 7) is 1.52. The van der Waals surface area contributed by atoms with Gasteiger partial charge >= 0.3 is 5.97 Å². The number of aromatic nitrogens is 1. The van der Waals surface area contributed by atoms with Gasteiger partial charge in [0.15, 0.2) is 0 Å². The minimum atomic E-state index is -0.689. The molecule has 126 valence electrons. The fourth-order valence-corrected chi connectivity index (χ4v) is 3.80. The highest BCUT2D eigenvalue weighted by Crippen LogP contribution is 2.31. The average molecular weight is 389 g/mol. The topological polar surface area (TPSA) is 53.4 Å². The Bertz CT molecular complexity index is 693. The van der Waals surface area contributed by atoms with Gasteiger partial charge in [0, 0.05) is 35.4 Å². The third-order valence-corrected chi connectivity index (χ3v) is 5.10. The van der Waals surface area contributed by atoms with Crippen LogP contribution in [-0.2, 0) is 11.2 Å². The summed E-state index contributed by atoms with van der Waals surface area (Å²) in [5, 5.41) is 9.40. The zero-order valence-corrected chi connectivity index (χ0v) is 15.0. The van der Waals surface area contributed by atoms with Gasteiger partial charge in [-0.1, -0.05) is 34.1 Å². The number of carboxylic acids is 1. The zero-order valence-electron chi connectivity index (χ0n) is 13.4. The molecule has 0 amide bonds. The summed E-state index contributed by atoms with van der Waals surface area (Å²) in [4.78, 5) is 18.2. The molecule has 2 heterocycles. The number of carboxylic acid groups (broad SMARTS) is 1. The van der Waals surface area contributed by atoms with Gasteiger partial charge in [-0.15, -0.1) is 0 Å². The van der Waals surface area contributed by atoms with Gasteiger partial charge in [-0.25, -0.2) is 0 Å². The molecule has 0 spiro atoms. The zero-order chi connectivity index (χ0) is 16.9. The molecule has 1 aromatic carbocycles. The Morgan fingerprint density at radius 2 is 2.21 bits per heavy atom. The third-order valence-electron chi connectivity index (χ3n) is 4.60. The molecule has 2 unspecified atom stereocenters. The van der Waals surface area contributed by atoms with Crippen molar-refractivity contribution in [1.29, 1.82) is 0 Å². The highest BCUT2D eigenvalue weighted by molar-refractivity contribution is 9.10. The fourth-order valence-electron chi connectivity index (χ4n) is 3.38. The van der Waals surface area contributed by atoms with Gasteiger partial charge in [0.2, 0.25) is 0 Å². The van der Waals surface area contributed by atoms with Crippen molar-refractivity contribution in [2.45, 2.75) is 25.3 Å². The molecule has 4 nitrogen and oxygen atoms in total. The second kappa shape index (κ2) is 7.90. The monoisotopic (exact) mass is 388 g/mol. The smallest absolute Gasteiger partial charge is 0.307 e. The van der Waals surface area contributed by atoms with E-state index in [4.69, 9.17) is 0 Å². The number of nitrogens with zero attached hydrogens (tertiary/aromatic N) is 2. The molecule has 1 aromatic heterocycles. The lowest BCUT2D eigenvalue weighted by Gasteiger charge is -2.37. The Labute approximate surface area is 150 Å². The first-order valence-electron chi connectivity index (χ1n) is 8.25. The van der Waals surface area contributed by atoms with Crippen LogP contribution in [0.4, 0.5) is 0 Å². The molecule has 5 heteroatoms. The number of carbonyl (C=O) groups is 1. The van der Waals surface area contributed by atoms with Crippen molar-refractivity contribution in [2.24, 2.45) is 5.92 Å². The highest BCUT2D eigenvalue weighted by atomic mass is 79.9. The second-order valence-electron chi connectivity index (χ2n) is 6.27. The number of likely N-dealkylation sites (tertiary alicyclic amines) is 1. The van der Waals surface area contributed by atoms with Crippen molar-refractivity contribution in [3.8, 4) is 0 Å². The quantitative estimate of drug-likeness (QED) is 0.842. The van der Waals surface area contributed by atoms with Gasteiger partial charge in [-0.2, -0.15) is 0 Å². The minimum absolute atomic E-state index is 0.138. The van der Waals surface area contributed by atoms with Gasteiger partial charge < -0.3 is 5.11 Å². The molecule has 0 saturated carbocycles. The van der Waals surface area contributed by atoms with E-state index in [0.717, 1.165) is 36.0 Å². The summed E-state index contributed by atoms with van der Waals surface area (Å²) in [6, 6.07) is 14.4. The summed E-state index contributed by atoms with van der Waals surface area (Å²) in [5.74, 6) is -0.970. The van der Waals surface area contributed by atoms with Crippen molar-refractivity contribution >= 4 is 21.9 Å². The van der Waals surface area contributed by atoms with Crippen LogP contribution in [0, 0.1) is 5.92 Å². The lowest BCUT2D eigenvalue weighted by atomic mass is 9.93. The van der Waals surface area contributed by atoms with E-state index in [9.17, 15) is 9.90 Å². The number of hydrogen-bond acceptors (Lipinski definition) is 3. The second-order valence-corrected chi connectivity index (χ2v) is 7.18. The van der Waals surface area contributed by atoms with Crippen molar-refractivity contribution in [1.82, 2.24) is 9.88 Å². The minimum Gasteiger partial charge on any atom is -0.481 e. The first kappa shape index (κ1) is 17.1. The number of halogens is 1. The van der Waals surface area contributed by atoms with Crippen LogP contribution in [0.2, 0.25) is 0 Å². The Morgan fingerprint density at radius 3 is 2.92 bits per heavy atom. The van der Waals surface area contributed by atoms with Gasteiger partial charge in [0.05, 0.1) is 5.92 Å². The lowest BCUT2D eigenvalue weighted by Crippen LogP contribution is -2.41. The largest absolute Gasteiger partial charge is 0.481 e. The summed E-state index contributed by atoms with van der Waals surface area (Å²) >= 11 is 3.55. The molecule has 1 aliphatic heterocycles. The van der Waals surface area contributed by atoms with Crippen LogP contribution in [-0.4, -0.2) is 34.0 Å². The standard InChI is InChI=1S/C19H21BrN2O2/c20-16-7-3-5-14(11-16)18(12-17-8-1-2-9-21-17)22-10-4-6-15(13-22)19(23)24/h1-3,5,7-9,11,15,18H,4,6,10,12-13H2,(H,23,24). The molecule has 2 aromatic rings. The molecule has 2 atom stereocenters. The van der Waals surface area contributed by atoms with Crippen LogP contribution in [0.25, 0.3) is 0 Å². The predicted octanol–water partition coefficient (Wildman–Crippen LogP) is 3.92. The van der Waals surface area contributed by atoms with E-state index in [1.807, 2.05) is 36.5 Å². The summed E-state index contributed by atoms with van der Waals surface area (Å²) in [5.41, 5.74) is 2.22. The number of piperidine rings is 1. The van der Waals surface area contributed by atoms with Crippen molar-refractivity contribution < 1.29 is 9.90 Å². The molecule has 0 aliphatic carbocycles. The van der Waals surface area contributed by atoms with E-state index in [1.54, 1.807) is 0 Å². The number of benzene rings is 1. The molecule has 24 heavy (non-hydrogen) atoms. The molecular formula is C19H21BrN2O2. The van der Waals surface area contributed by atoms with Crippen molar-refractivity contribution in [2.75, 3.05) is 13.1 Å². The van der Waals surface area contributed by atoms with Crippen LogP contribution < -0.4 is 0 Å². The summed E-state index contributed by atoms with van der Waals surface area (Å²) in [7, 11) is 0. The maximum Gasteiger partial charge on any atom is 0.307 e. The molecule has 1 fully saturated rings. The van der Waals surface area contributed by atoms with E-state index in [0.29, 0.717) is 6.54 Å². The normalized spacial score (nSPS) is 19.8. The molecule has 1 aliphatic rings. The molecule has 1 N–H and O–H groups in total. The van der Waals surface area contributed by atoms with Gasteiger partial charge in [-0.3, -0.25) is 14.7 Å². The van der Waals surface area contributed by atoms with Crippen molar-refractivity contribution in [3.05, 3.63) is 64.4 Å². The Hall–Kier alpha value is -1.72. The fraction of sp³-hybridized carbons (Fsp3) is 0.368. The molecule has 3 rings (SSSR count). The summed E-state index contributed by atoms with van der Waals surface area (Å²) in [6.07, 6.45) is 4.28. The van der Waals surface area contributed by atoms with E-state index >= 15 is 0 Å². The Kier molecular flexibility index (Phi) is 5.63. The maximum atomic E-state index is 11.4. The van der Waals surface area contributed by atoms with Crippen LogP contribution >= 0.6 is 15.9 Å². The predicted molar refractivity (Wildman–Crippen MR) is 96.8 cm³/mol. The van der Waals surface area contributed by atoms with E-state index in [2.05, 4.69) is 37.9 Å². The van der Waals surface area contributed by atoms with Gasteiger partial charge in [0.25, 0.3) is 0 Å². The molecule has 0 bridgehead atoms. The van der Waals surface area contributed by atoms with Crippen LogP contribution in [0.1, 0.15) is 30.1 Å². The van der Waals surface area contributed by atoms with Gasteiger partial charge in [0.1, 0.15) is 0 Å². The van der Waals surface area contributed by atoms with E-state index in [1.165, 1.54) is 5.56 Å².